The van der Waals surface area contributed by atoms with Crippen molar-refractivity contribution in [1.29, 1.82) is 0 Å². The molecule has 4 aliphatic heterocycles. The summed E-state index contributed by atoms with van der Waals surface area (Å²) in [6.45, 7) is 0. The van der Waals surface area contributed by atoms with Crippen LogP contribution in [0, 0.1) is 0 Å². The van der Waals surface area contributed by atoms with Gasteiger partial charge in [0.15, 0.2) is 0 Å². The molecule has 0 bridgehead atoms. The summed E-state index contributed by atoms with van der Waals surface area (Å²) in [5, 5.41) is 0. The Morgan fingerprint density at radius 3 is 0.200 bits per heavy atom. The Hall–Kier alpha value is 3.40. The molecular weight excluding hydrogens is 1290 g/mol. The van der Waals surface area contributed by atoms with E-state index in [4.69, 9.17) is 0 Å². The molecule has 65 heteroatoms. The van der Waals surface area contributed by atoms with Gasteiger partial charge in [-0.2, -0.15) is 0 Å². The van der Waals surface area contributed by atoms with Crippen molar-refractivity contribution in [2.24, 2.45) is 0 Å². The molecule has 0 radical (unpaired) electrons. The molecule has 0 spiro atoms. The number of phosphoric acid groups is 16. The molecule has 0 aromatic heterocycles. The first-order valence-electron chi connectivity index (χ1n) is 11.7. The van der Waals surface area contributed by atoms with Crippen LogP contribution in [0.2, 0.25) is 0 Å². The predicted molar refractivity (Wildman–Crippen MR) is 139 cm³/mol. The van der Waals surface area contributed by atoms with Crippen LogP contribution in [0.1, 0.15) is 0 Å². The Morgan fingerprint density at radius 2 is 0.169 bits per heavy atom. The van der Waals surface area contributed by atoms with Gasteiger partial charge in [-0.3, -0.25) is 73.0 Å². The van der Waals surface area contributed by atoms with Crippen molar-refractivity contribution in [2.75, 3.05) is 0 Å². The maximum absolute atomic E-state index is 10.6. The van der Waals surface area contributed by atoms with E-state index in [2.05, 4.69) is 69.0 Å². The quantitative estimate of drug-likeness (QED) is 0.160. The Kier molecular flexibility index (Phi) is 23.5. The summed E-state index contributed by atoms with van der Waals surface area (Å²) in [6, 6.07) is 0. The fourth-order valence-electron chi connectivity index (χ4n) is 2.20. The zero-order chi connectivity index (χ0) is 51.3. The third-order valence-corrected chi connectivity index (χ3v) is 28.8. The summed E-state index contributed by atoms with van der Waals surface area (Å²) in [5.74, 6) is 0. The van der Waals surface area contributed by atoms with E-state index < -0.39 is 125 Å². The second-order valence-corrected chi connectivity index (χ2v) is 33.2. The van der Waals surface area contributed by atoms with Crippen molar-refractivity contribution < 1.29 is 250 Å². The van der Waals surface area contributed by atoms with E-state index in [0.29, 0.717) is 0 Å². The summed E-state index contributed by atoms with van der Waals surface area (Å²) < 4.78 is 218. The molecule has 0 unspecified atom stereocenters. The minimum Gasteiger partial charge on any atom is -0.756 e. The molecule has 0 aromatic rings. The van der Waals surface area contributed by atoms with E-state index in [9.17, 15) is 151 Å². The van der Waals surface area contributed by atoms with Gasteiger partial charge in [-0.25, -0.2) is 69.0 Å². The molecule has 4 fully saturated rings. The third kappa shape index (κ3) is 29.2. The van der Waals surface area contributed by atoms with Crippen molar-refractivity contribution in [3.8, 4) is 0 Å². The molecular formula is NaO48P16-15. The topological polar surface area (TPSA) is 790 Å². The summed E-state index contributed by atoms with van der Waals surface area (Å²) in [4.78, 5) is 169. The van der Waals surface area contributed by atoms with Crippen LogP contribution in [-0.4, -0.2) is 0 Å². The van der Waals surface area contributed by atoms with Crippen LogP contribution in [0.15, 0.2) is 0 Å². The van der Waals surface area contributed by atoms with E-state index >= 15 is 0 Å². The van der Waals surface area contributed by atoms with Crippen LogP contribution in [0.3, 0.4) is 0 Å². The first-order valence-corrected chi connectivity index (χ1v) is 35.1. The fraction of sp³-hybridized carbons (Fsp3) is 0. The zero-order valence-electron chi connectivity index (χ0n) is 27.8. The van der Waals surface area contributed by atoms with Gasteiger partial charge in [0.25, 0.3) is 125 Å². The van der Waals surface area contributed by atoms with Crippen molar-refractivity contribution in [1.82, 2.24) is 0 Å². The molecule has 384 valence electrons. The maximum Gasteiger partial charge on any atom is 1.00 e. The Labute approximate surface area is 373 Å². The summed E-state index contributed by atoms with van der Waals surface area (Å²) in [5.41, 5.74) is 0. The summed E-state index contributed by atoms with van der Waals surface area (Å²) >= 11 is 0. The molecule has 4 heterocycles. The summed E-state index contributed by atoms with van der Waals surface area (Å²) in [7, 11) is -93.9. The zero-order valence-corrected chi connectivity index (χ0v) is 44.1. The third-order valence-electron chi connectivity index (χ3n) is 3.20. The fourth-order valence-corrected chi connectivity index (χ4v) is 24.1. The second kappa shape index (κ2) is 22.3. The molecule has 4 saturated heterocycles. The van der Waals surface area contributed by atoms with Gasteiger partial charge in [0.05, 0.1) is 0 Å². The Bertz CT molecular complexity index is 1790. The van der Waals surface area contributed by atoms with Crippen LogP contribution in [0.5, 0.6) is 0 Å². The van der Waals surface area contributed by atoms with Gasteiger partial charge >= 0.3 is 29.6 Å². The molecule has 0 atom stereocenters. The molecule has 0 aromatic carbocycles. The van der Waals surface area contributed by atoms with Gasteiger partial charge in [0.1, 0.15) is 0 Å². The van der Waals surface area contributed by atoms with E-state index in [-0.39, 0.29) is 29.6 Å². The normalized spacial score (nSPS) is 54.4. The molecule has 0 aliphatic carbocycles. The van der Waals surface area contributed by atoms with E-state index in [1.807, 2.05) is 0 Å². The van der Waals surface area contributed by atoms with Crippen LogP contribution in [0.25, 0.3) is 0 Å². The smallest absolute Gasteiger partial charge is 0.756 e. The Balaban J connectivity index is 0.000000836. The predicted octanol–water partition coefficient (Wildman–Crippen LogP) is -11.2. The average molecular weight is 1290 g/mol. The molecule has 4 rings (SSSR count). The molecule has 65 heavy (non-hydrogen) atoms. The van der Waals surface area contributed by atoms with Crippen molar-refractivity contribution in [3.63, 3.8) is 0 Å². The van der Waals surface area contributed by atoms with Crippen LogP contribution in [-0.2, 0) is 142 Å². The van der Waals surface area contributed by atoms with Gasteiger partial charge in [0, 0.05) is 0 Å². The number of hydrogen-bond donors (Lipinski definition) is 0. The van der Waals surface area contributed by atoms with E-state index in [1.165, 1.54) is 0 Å². The Morgan fingerprint density at radius 1 is 0.138 bits per heavy atom. The van der Waals surface area contributed by atoms with E-state index in [0.717, 1.165) is 0 Å². The SMILES string of the molecule is O=P1([O-])OP(=O)([O-])OP(=O)([O-])OP(=O)([O-])O1.O=P1([O-])OP(=O)([O-])OP(=O)([O-])OP(=O)([O-])O1.O=P1([O-])OP(=O)([O-])OP(=O)([O-])OP(=O)([O-])O1.O=P1([O-])OP(=O)([O-])OP(=O)([O-])OP(=O)([O-])O1.[Na+]. The summed E-state index contributed by atoms with van der Waals surface area (Å²) in [6.07, 6.45) is 0. The van der Waals surface area contributed by atoms with Gasteiger partial charge in [-0.05, 0) is 0 Å². The molecule has 48 nitrogen and oxygen atoms in total. The minimum atomic E-state index is -5.87. The van der Waals surface area contributed by atoms with Gasteiger partial charge in [0.2, 0.25) is 0 Å². The van der Waals surface area contributed by atoms with Crippen LogP contribution in [0.4, 0.5) is 0 Å². The van der Waals surface area contributed by atoms with Crippen molar-refractivity contribution in [2.45, 2.75) is 0 Å². The molecule has 0 N–H and O–H groups in total. The van der Waals surface area contributed by atoms with Crippen LogP contribution < -0.4 is 108 Å². The first kappa shape index (κ1) is 68.4. The van der Waals surface area contributed by atoms with Crippen molar-refractivity contribution >= 4 is 125 Å². The monoisotopic (exact) mass is 1290 g/mol. The van der Waals surface area contributed by atoms with E-state index in [1.54, 1.807) is 0 Å². The van der Waals surface area contributed by atoms with Crippen molar-refractivity contribution in [3.05, 3.63) is 0 Å². The average Bonchev–Trinajstić information content (AvgIpc) is 2.73. The van der Waals surface area contributed by atoms with Crippen LogP contribution >= 0.6 is 125 Å². The van der Waals surface area contributed by atoms with Gasteiger partial charge < -0.3 is 78.3 Å². The molecule has 4 aliphatic rings. The minimum absolute atomic E-state index is 0. The largest absolute Gasteiger partial charge is 1.00 e. The molecule has 0 amide bonds. The first-order chi connectivity index (χ1) is 27.3. The standard InChI is InChI=1S/Na.4H4O12P4/c;4*1-13(2)9-14(3,4)11-16(7,8)12-15(5,6)10-13/h;4*(H,1,2)(H,3,4)(H,5,6)(H,7,8)/q+1;;;;/p-16. The second-order valence-electron chi connectivity index (χ2n) is 8.46. The number of rotatable bonds is 0. The number of hydrogen-bond acceptors (Lipinski definition) is 48. The van der Waals surface area contributed by atoms with Gasteiger partial charge in [-0.1, -0.05) is 0 Å². The molecule has 0 saturated carbocycles. The maximum atomic E-state index is 10.6. The van der Waals surface area contributed by atoms with Gasteiger partial charge in [-0.15, -0.1) is 0 Å².